The van der Waals surface area contributed by atoms with Crippen molar-refractivity contribution in [1.82, 2.24) is 10.2 Å². The van der Waals surface area contributed by atoms with Gasteiger partial charge in [-0.2, -0.15) is 0 Å². The van der Waals surface area contributed by atoms with Crippen LogP contribution in [-0.2, 0) is 0 Å². The zero-order chi connectivity index (χ0) is 12.8. The van der Waals surface area contributed by atoms with E-state index in [4.69, 9.17) is 0 Å². The van der Waals surface area contributed by atoms with Gasteiger partial charge in [0.15, 0.2) is 0 Å². The molecule has 4 aliphatic carbocycles. The Morgan fingerprint density at radius 2 is 1.35 bits per heavy atom. The van der Waals surface area contributed by atoms with Crippen LogP contribution in [0.2, 0.25) is 0 Å². The highest BCUT2D eigenvalue weighted by molar-refractivity contribution is 5.21. The molecule has 2 nitrogen and oxygen atoms in total. The molecule has 110 valence electrons. The summed E-state index contributed by atoms with van der Waals surface area (Å²) < 4.78 is 0. The van der Waals surface area contributed by atoms with Crippen LogP contribution in [0.5, 0.6) is 0 Å². The van der Waals surface area contributed by atoms with Gasteiger partial charge in [-0.15, -0.1) is 0 Å². The van der Waals surface area contributed by atoms with E-state index in [1.807, 2.05) is 0 Å². The van der Waals surface area contributed by atoms with Gasteiger partial charge in [0, 0.05) is 30.2 Å². The van der Waals surface area contributed by atoms with Gasteiger partial charge in [-0.3, -0.25) is 4.90 Å². The summed E-state index contributed by atoms with van der Waals surface area (Å²) in [7, 11) is 0. The predicted molar refractivity (Wildman–Crippen MR) is 79.4 cm³/mol. The van der Waals surface area contributed by atoms with E-state index in [1.165, 1.54) is 25.7 Å². The number of hydrogen-bond donors (Lipinski definition) is 1. The van der Waals surface area contributed by atoms with Crippen molar-refractivity contribution < 1.29 is 0 Å². The molecule has 9 fully saturated rings. The van der Waals surface area contributed by atoms with Gasteiger partial charge in [-0.05, 0) is 81.5 Å². The summed E-state index contributed by atoms with van der Waals surface area (Å²) in [4.78, 5) is 2.81. The Morgan fingerprint density at radius 1 is 0.650 bits per heavy atom. The maximum atomic E-state index is 3.71. The summed E-state index contributed by atoms with van der Waals surface area (Å²) in [5.74, 6) is 4.54. The second-order valence-corrected chi connectivity index (χ2v) is 9.20. The molecule has 5 saturated heterocycles. The van der Waals surface area contributed by atoms with Crippen molar-refractivity contribution in [1.29, 1.82) is 0 Å². The lowest BCUT2D eigenvalue weighted by molar-refractivity contribution is 0.0604. The Morgan fingerprint density at radius 3 is 1.95 bits per heavy atom. The van der Waals surface area contributed by atoms with Gasteiger partial charge >= 0.3 is 0 Å². The maximum absolute atomic E-state index is 3.71. The fraction of sp³-hybridized carbons (Fsp3) is 1.00. The van der Waals surface area contributed by atoms with Crippen molar-refractivity contribution in [2.45, 2.75) is 88.0 Å². The number of rotatable bonds is 0. The largest absolute Gasteiger partial charge is 0.311 e. The van der Waals surface area contributed by atoms with Crippen LogP contribution in [-0.4, -0.2) is 35.1 Å². The number of hydrogen-bond acceptors (Lipinski definition) is 2. The van der Waals surface area contributed by atoms with Gasteiger partial charge in [-0.25, -0.2) is 0 Å². The van der Waals surface area contributed by atoms with Crippen molar-refractivity contribution in [2.75, 3.05) is 0 Å². The molecule has 20 heavy (non-hydrogen) atoms. The molecule has 0 spiro atoms. The van der Waals surface area contributed by atoms with E-state index in [-0.39, 0.29) is 0 Å². The maximum Gasteiger partial charge on any atom is 0.0287 e. The molecule has 5 aliphatic heterocycles. The van der Waals surface area contributed by atoms with E-state index >= 15 is 0 Å². The van der Waals surface area contributed by atoms with Crippen molar-refractivity contribution in [2.24, 2.45) is 23.7 Å². The number of nitrogens with one attached hydrogen (secondary N) is 1. The predicted octanol–water partition coefficient (Wildman–Crippen LogP) is 2.78. The summed E-state index contributed by atoms with van der Waals surface area (Å²) in [5, 5.41) is 3.71. The van der Waals surface area contributed by atoms with E-state index in [0.717, 1.165) is 53.9 Å². The number of nitrogens with zero attached hydrogens (tertiary/aromatic N) is 1. The fourth-order valence-corrected chi connectivity index (χ4v) is 7.62. The monoisotopic (exact) mass is 272 g/mol. The first-order chi connectivity index (χ1) is 9.83. The Labute approximate surface area is 122 Å². The molecule has 1 N–H and O–H groups in total. The average molecular weight is 272 g/mol. The standard InChI is InChI=1S/C9H13N.C9H15N/c1-5-2-7-4-6(1)9-8(3-5)10(7)9;1-6-2-8-4-7(1)5-9(3-6)10-8/h5-9H,1-4H2;6-10H,1-5H2. The average Bonchev–Trinajstić information content (AvgIpc) is 3.06. The third-order valence-corrected chi connectivity index (χ3v) is 7.94. The van der Waals surface area contributed by atoms with Crippen molar-refractivity contribution in [3.8, 4) is 0 Å². The normalized spacial score (nSPS) is 66.0. The second-order valence-electron chi connectivity index (χ2n) is 9.20. The van der Waals surface area contributed by atoms with E-state index in [9.17, 15) is 0 Å². The van der Waals surface area contributed by atoms with Gasteiger partial charge in [-0.1, -0.05) is 0 Å². The molecule has 0 amide bonds. The molecule has 6 atom stereocenters. The van der Waals surface area contributed by atoms with Crippen LogP contribution in [0.4, 0.5) is 0 Å². The summed E-state index contributed by atoms with van der Waals surface area (Å²) in [5.41, 5.74) is 0. The molecule has 0 aromatic carbocycles. The Bertz CT molecular complexity index is 350. The van der Waals surface area contributed by atoms with Crippen molar-refractivity contribution in [3.63, 3.8) is 0 Å². The van der Waals surface area contributed by atoms with Gasteiger partial charge in [0.05, 0.1) is 0 Å². The van der Waals surface area contributed by atoms with E-state index in [0.29, 0.717) is 0 Å². The third kappa shape index (κ3) is 1.53. The first-order valence-corrected chi connectivity index (χ1v) is 9.37. The Kier molecular flexibility index (Phi) is 2.19. The molecule has 0 radical (unpaired) electrons. The quantitative estimate of drug-likeness (QED) is 0.682. The van der Waals surface area contributed by atoms with Gasteiger partial charge < -0.3 is 5.32 Å². The smallest absolute Gasteiger partial charge is 0.0287 e. The lowest BCUT2D eigenvalue weighted by atomic mass is 9.65. The molecule has 0 aromatic rings. The molecular formula is C18H28N2. The molecule has 0 aromatic heterocycles. The SMILES string of the molecule is C1C2CC3CC1C1C(C2)N31.C1C2CC3CC1CC(C2)N3. The summed E-state index contributed by atoms with van der Waals surface area (Å²) in [6, 6.07) is 5.11. The molecule has 9 aliphatic rings. The molecule has 4 saturated carbocycles. The van der Waals surface area contributed by atoms with Crippen LogP contribution in [0, 0.1) is 23.7 Å². The number of piperidine rings is 4. The van der Waals surface area contributed by atoms with Crippen LogP contribution < -0.4 is 5.32 Å². The highest BCUT2D eigenvalue weighted by atomic mass is 15.4. The minimum Gasteiger partial charge on any atom is -0.311 e. The third-order valence-electron chi connectivity index (χ3n) is 7.94. The van der Waals surface area contributed by atoms with Crippen LogP contribution in [0.1, 0.15) is 57.8 Å². The van der Waals surface area contributed by atoms with Gasteiger partial charge in [0.2, 0.25) is 0 Å². The van der Waals surface area contributed by atoms with Crippen LogP contribution in [0.25, 0.3) is 0 Å². The zero-order valence-electron chi connectivity index (χ0n) is 12.5. The molecule has 6 unspecified atom stereocenters. The first kappa shape index (κ1) is 11.5. The molecule has 9 rings (SSSR count). The van der Waals surface area contributed by atoms with E-state index < -0.39 is 0 Å². The Balaban J connectivity index is 0.0000000893. The van der Waals surface area contributed by atoms with Crippen LogP contribution in [0.3, 0.4) is 0 Å². The van der Waals surface area contributed by atoms with E-state index in [1.54, 1.807) is 32.1 Å². The van der Waals surface area contributed by atoms with Crippen molar-refractivity contribution >= 4 is 0 Å². The highest BCUT2D eigenvalue weighted by Crippen LogP contribution is 2.61. The first-order valence-electron chi connectivity index (χ1n) is 9.37. The van der Waals surface area contributed by atoms with Crippen LogP contribution >= 0.6 is 0 Å². The summed E-state index contributed by atoms with van der Waals surface area (Å²) in [6.07, 6.45) is 13.8. The summed E-state index contributed by atoms with van der Waals surface area (Å²) >= 11 is 0. The summed E-state index contributed by atoms with van der Waals surface area (Å²) in [6.45, 7) is 0. The molecule has 8 bridgehead atoms. The second kappa shape index (κ2) is 3.81. The molecular weight excluding hydrogens is 244 g/mol. The lowest BCUT2D eigenvalue weighted by Gasteiger charge is -2.50. The zero-order valence-corrected chi connectivity index (χ0v) is 12.5. The van der Waals surface area contributed by atoms with Gasteiger partial charge in [0.25, 0.3) is 0 Å². The van der Waals surface area contributed by atoms with Gasteiger partial charge in [0.1, 0.15) is 0 Å². The van der Waals surface area contributed by atoms with E-state index in [2.05, 4.69) is 10.2 Å². The lowest BCUT2D eigenvalue weighted by Crippen LogP contribution is -2.55. The van der Waals surface area contributed by atoms with Crippen LogP contribution in [0.15, 0.2) is 0 Å². The minimum absolute atomic E-state index is 0.927. The molecule has 5 heterocycles. The molecule has 2 heteroatoms. The Hall–Kier alpha value is -0.0800. The minimum atomic E-state index is 0.927. The van der Waals surface area contributed by atoms with Crippen molar-refractivity contribution in [3.05, 3.63) is 0 Å². The highest BCUT2D eigenvalue weighted by Gasteiger charge is 2.66. The topological polar surface area (TPSA) is 15.0 Å². The fourth-order valence-electron chi connectivity index (χ4n) is 7.62.